The molecule has 0 atom stereocenters. The molecular weight excluding hydrogens is 326 g/mol. The van der Waals surface area contributed by atoms with Crippen molar-refractivity contribution in [1.82, 2.24) is 29.5 Å². The Labute approximate surface area is 149 Å². The molecule has 0 spiro atoms. The Bertz CT molecular complexity index is 1200. The van der Waals surface area contributed by atoms with Gasteiger partial charge in [-0.3, -0.25) is 4.57 Å². The fourth-order valence-electron chi connectivity index (χ4n) is 2.38. The third-order valence-electron chi connectivity index (χ3n) is 3.59. The van der Waals surface area contributed by atoms with E-state index >= 15 is 0 Å². The highest BCUT2D eigenvalue weighted by molar-refractivity contribution is 5.78. The lowest BCUT2D eigenvalue weighted by Gasteiger charge is -2.03. The van der Waals surface area contributed by atoms with Gasteiger partial charge in [0.05, 0.1) is 16.6 Å². The fourth-order valence-corrected chi connectivity index (χ4v) is 2.38. The van der Waals surface area contributed by atoms with Crippen molar-refractivity contribution in [2.45, 2.75) is 0 Å². The summed E-state index contributed by atoms with van der Waals surface area (Å²) in [6, 6.07) is 7.50. The molecule has 0 bridgehead atoms. The van der Waals surface area contributed by atoms with Gasteiger partial charge >= 0.3 is 0 Å². The van der Waals surface area contributed by atoms with Crippen LogP contribution in [-0.4, -0.2) is 29.5 Å². The van der Waals surface area contributed by atoms with Crippen LogP contribution in [0.2, 0.25) is 0 Å². The van der Waals surface area contributed by atoms with E-state index in [4.69, 9.17) is 12.2 Å². The summed E-state index contributed by atoms with van der Waals surface area (Å²) < 4.78 is 1.84. The first-order chi connectivity index (χ1) is 12.7. The highest BCUT2D eigenvalue weighted by Crippen LogP contribution is 2.18. The molecule has 0 aliphatic carbocycles. The maximum absolute atomic E-state index is 5.67. The molecule has 0 aliphatic rings. The summed E-state index contributed by atoms with van der Waals surface area (Å²) in [7, 11) is 0. The van der Waals surface area contributed by atoms with Crippen LogP contribution < -0.4 is 5.73 Å². The second-order valence-corrected chi connectivity index (χ2v) is 5.28. The first-order valence-corrected chi connectivity index (χ1v) is 7.59. The van der Waals surface area contributed by atoms with Crippen LogP contribution >= 0.6 is 0 Å². The van der Waals surface area contributed by atoms with Gasteiger partial charge in [-0.05, 0) is 30.2 Å². The number of imidazole rings is 1. The Morgan fingerprint density at radius 3 is 2.54 bits per heavy atom. The van der Waals surface area contributed by atoms with Crippen LogP contribution in [0, 0.1) is 24.2 Å². The third kappa shape index (κ3) is 2.93. The van der Waals surface area contributed by atoms with Crippen LogP contribution in [0.1, 0.15) is 17.0 Å². The van der Waals surface area contributed by atoms with E-state index in [1.807, 2.05) is 22.8 Å². The van der Waals surface area contributed by atoms with Crippen molar-refractivity contribution >= 4 is 17.0 Å². The molecule has 4 rings (SSSR count). The summed E-state index contributed by atoms with van der Waals surface area (Å²) in [5.74, 6) is 9.66. The lowest BCUT2D eigenvalue weighted by Crippen LogP contribution is -2.01. The first-order valence-electron chi connectivity index (χ1n) is 7.59. The van der Waals surface area contributed by atoms with Crippen molar-refractivity contribution in [3.63, 3.8) is 0 Å². The first kappa shape index (κ1) is 15.3. The van der Waals surface area contributed by atoms with Gasteiger partial charge in [-0.1, -0.05) is 11.8 Å². The van der Waals surface area contributed by atoms with Gasteiger partial charge in [-0.2, -0.15) is 4.98 Å². The lowest BCUT2D eigenvalue weighted by molar-refractivity contribution is 1.00. The quantitative estimate of drug-likeness (QED) is 0.530. The molecule has 1 aromatic carbocycles. The second kappa shape index (κ2) is 6.34. The van der Waals surface area contributed by atoms with E-state index in [1.54, 1.807) is 31.0 Å². The number of aromatic nitrogens is 6. The number of hydrogen-bond acceptors (Lipinski definition) is 6. The molecule has 4 aromatic rings. The van der Waals surface area contributed by atoms with E-state index in [1.165, 1.54) is 0 Å². The zero-order chi connectivity index (χ0) is 17.9. The standard InChI is InChI=1S/C19H11N7/c1-2-17-22-10-14(11-23-17)4-3-13-5-6-15-16(9-13)26(12-24-15)18-7-8-21-19(20)25-18/h1,5-12H,(H2,20,21,25). The minimum atomic E-state index is 0.204. The second-order valence-electron chi connectivity index (χ2n) is 5.28. The highest BCUT2D eigenvalue weighted by atomic mass is 15.1. The van der Waals surface area contributed by atoms with E-state index in [-0.39, 0.29) is 5.95 Å². The van der Waals surface area contributed by atoms with Crippen LogP contribution in [-0.2, 0) is 0 Å². The molecule has 2 N–H and O–H groups in total. The lowest BCUT2D eigenvalue weighted by atomic mass is 10.2. The van der Waals surface area contributed by atoms with Crippen molar-refractivity contribution in [2.75, 3.05) is 5.73 Å². The fraction of sp³-hybridized carbons (Fsp3) is 0. The molecule has 0 unspecified atom stereocenters. The number of rotatable bonds is 1. The van der Waals surface area contributed by atoms with Crippen LogP contribution in [0.25, 0.3) is 16.9 Å². The molecule has 0 saturated heterocycles. The minimum Gasteiger partial charge on any atom is -0.368 e. The summed E-state index contributed by atoms with van der Waals surface area (Å²) in [5.41, 5.74) is 8.87. The average Bonchev–Trinajstić information content (AvgIpc) is 3.10. The molecule has 3 heterocycles. The monoisotopic (exact) mass is 337 g/mol. The topological polar surface area (TPSA) is 95.4 Å². The summed E-state index contributed by atoms with van der Waals surface area (Å²) in [6.07, 6.45) is 11.7. The summed E-state index contributed by atoms with van der Waals surface area (Å²) in [6.45, 7) is 0. The van der Waals surface area contributed by atoms with Gasteiger partial charge in [-0.25, -0.2) is 19.9 Å². The molecule has 0 aliphatic heterocycles. The molecule has 7 heteroatoms. The van der Waals surface area contributed by atoms with E-state index in [2.05, 4.69) is 42.7 Å². The SMILES string of the molecule is C#Cc1ncc(C#Cc2ccc3ncn(-c4ccnc(N)n4)c3c2)cn1. The molecule has 3 aromatic heterocycles. The summed E-state index contributed by atoms with van der Waals surface area (Å²) in [4.78, 5) is 20.6. The maximum Gasteiger partial charge on any atom is 0.221 e. The third-order valence-corrected chi connectivity index (χ3v) is 3.59. The average molecular weight is 337 g/mol. The van der Waals surface area contributed by atoms with Gasteiger partial charge in [0, 0.05) is 24.2 Å². The normalized spacial score (nSPS) is 10.1. The minimum absolute atomic E-state index is 0.204. The van der Waals surface area contributed by atoms with Crippen LogP contribution in [0.4, 0.5) is 5.95 Å². The van der Waals surface area contributed by atoms with Crippen LogP contribution in [0.5, 0.6) is 0 Å². The van der Waals surface area contributed by atoms with Crippen molar-refractivity contribution in [3.8, 4) is 30.0 Å². The van der Waals surface area contributed by atoms with Gasteiger partial charge in [0.15, 0.2) is 0 Å². The number of nitrogens with zero attached hydrogens (tertiary/aromatic N) is 6. The van der Waals surface area contributed by atoms with Gasteiger partial charge in [0.2, 0.25) is 11.8 Å². The molecule has 0 radical (unpaired) electrons. The molecular formula is C19H11N7. The molecule has 0 amide bonds. The molecule has 0 fully saturated rings. The Morgan fingerprint density at radius 1 is 0.962 bits per heavy atom. The van der Waals surface area contributed by atoms with Crippen molar-refractivity contribution in [2.24, 2.45) is 0 Å². The predicted octanol–water partition coefficient (Wildman–Crippen LogP) is 1.57. The predicted molar refractivity (Wildman–Crippen MR) is 97.0 cm³/mol. The van der Waals surface area contributed by atoms with Gasteiger partial charge in [0.1, 0.15) is 12.1 Å². The van der Waals surface area contributed by atoms with Crippen molar-refractivity contribution < 1.29 is 0 Å². The van der Waals surface area contributed by atoms with Crippen molar-refractivity contribution in [3.05, 3.63) is 66.1 Å². The van der Waals surface area contributed by atoms with Gasteiger partial charge < -0.3 is 5.73 Å². The van der Waals surface area contributed by atoms with Crippen molar-refractivity contribution in [1.29, 1.82) is 0 Å². The van der Waals surface area contributed by atoms with E-state index in [9.17, 15) is 0 Å². The zero-order valence-electron chi connectivity index (χ0n) is 13.5. The zero-order valence-corrected chi connectivity index (χ0v) is 13.5. The molecule has 7 nitrogen and oxygen atoms in total. The number of nitrogens with two attached hydrogens (primary N) is 1. The number of terminal acetylenes is 1. The van der Waals surface area contributed by atoms with Gasteiger partial charge in [-0.15, -0.1) is 6.42 Å². The Morgan fingerprint density at radius 2 is 1.77 bits per heavy atom. The Hall–Kier alpha value is -4.23. The Balaban J connectivity index is 1.73. The van der Waals surface area contributed by atoms with Crippen LogP contribution in [0.3, 0.4) is 0 Å². The molecule has 122 valence electrons. The summed E-state index contributed by atoms with van der Waals surface area (Å²) >= 11 is 0. The summed E-state index contributed by atoms with van der Waals surface area (Å²) in [5, 5.41) is 0. The number of benzene rings is 1. The smallest absolute Gasteiger partial charge is 0.221 e. The maximum atomic E-state index is 5.67. The van der Waals surface area contributed by atoms with E-state index < -0.39 is 0 Å². The number of nitrogen functional groups attached to an aromatic ring is 1. The number of hydrogen-bond donors (Lipinski definition) is 1. The molecule has 26 heavy (non-hydrogen) atoms. The number of fused-ring (bicyclic) bond motifs is 1. The number of anilines is 1. The largest absolute Gasteiger partial charge is 0.368 e. The Kier molecular flexibility index (Phi) is 3.74. The van der Waals surface area contributed by atoms with Crippen LogP contribution in [0.15, 0.2) is 49.2 Å². The van der Waals surface area contributed by atoms with E-state index in [0.29, 0.717) is 17.2 Å². The highest BCUT2D eigenvalue weighted by Gasteiger charge is 2.07. The van der Waals surface area contributed by atoms with E-state index in [0.717, 1.165) is 16.6 Å². The van der Waals surface area contributed by atoms with Gasteiger partial charge in [0.25, 0.3) is 0 Å². The molecule has 0 saturated carbocycles.